The number of nitrogens with two attached hydrogens (primary N) is 1. The number of aromatic nitrogens is 1. The van der Waals surface area contributed by atoms with Crippen LogP contribution in [0, 0.1) is 0 Å². The Hall–Kier alpha value is -1.76. The number of thiazole rings is 1. The second kappa shape index (κ2) is 5.08. The van der Waals surface area contributed by atoms with Crippen molar-refractivity contribution in [2.75, 3.05) is 5.73 Å². The Bertz CT molecular complexity index is 581. The molecule has 0 spiro atoms. The number of nitrogen functional groups attached to an aromatic ring is 1. The molecule has 0 fully saturated rings. The first kappa shape index (κ1) is 13.7. The van der Waals surface area contributed by atoms with Crippen molar-refractivity contribution in [3.05, 3.63) is 29.3 Å². The molecule has 1 aromatic carbocycles. The third-order valence-electron chi connectivity index (χ3n) is 2.37. The van der Waals surface area contributed by atoms with Crippen LogP contribution >= 0.6 is 11.3 Å². The smallest absolute Gasteiger partial charge is 0.405 e. The summed E-state index contributed by atoms with van der Waals surface area (Å²) in [4.78, 5) is 4.24. The number of alkyl halides is 3. The van der Waals surface area contributed by atoms with E-state index in [-0.39, 0.29) is 11.3 Å². The van der Waals surface area contributed by atoms with E-state index in [9.17, 15) is 13.2 Å². The third-order valence-corrected chi connectivity index (χ3v) is 3.40. The van der Waals surface area contributed by atoms with E-state index in [1.807, 2.05) is 6.92 Å². The van der Waals surface area contributed by atoms with Gasteiger partial charge in [0.05, 0.1) is 5.01 Å². The molecule has 7 heteroatoms. The lowest BCUT2D eigenvalue weighted by atomic mass is 10.1. The fraction of sp³-hybridized carbons (Fsp3) is 0.250. The topological polar surface area (TPSA) is 48.1 Å². The minimum Gasteiger partial charge on any atom is -0.405 e. The van der Waals surface area contributed by atoms with Gasteiger partial charge in [0.2, 0.25) is 0 Å². The predicted octanol–water partition coefficient (Wildman–Crippen LogP) is 3.85. The third kappa shape index (κ3) is 3.17. The summed E-state index contributed by atoms with van der Waals surface area (Å²) >= 11 is 1.27. The summed E-state index contributed by atoms with van der Waals surface area (Å²) in [6, 6.07) is 5.83. The Morgan fingerprint density at radius 3 is 2.58 bits per heavy atom. The van der Waals surface area contributed by atoms with Gasteiger partial charge in [-0.05, 0) is 18.6 Å². The van der Waals surface area contributed by atoms with Gasteiger partial charge in [-0.2, -0.15) is 0 Å². The van der Waals surface area contributed by atoms with Crippen LogP contribution in [0.3, 0.4) is 0 Å². The van der Waals surface area contributed by atoms with Gasteiger partial charge < -0.3 is 10.5 Å². The summed E-state index contributed by atoms with van der Waals surface area (Å²) in [6.07, 6.45) is -4.06. The first-order valence-electron chi connectivity index (χ1n) is 5.51. The summed E-state index contributed by atoms with van der Waals surface area (Å²) in [7, 11) is 0. The highest BCUT2D eigenvalue weighted by Gasteiger charge is 2.32. The molecule has 0 atom stereocenters. The fourth-order valence-corrected chi connectivity index (χ4v) is 2.39. The maximum atomic E-state index is 12.3. The number of hydrogen-bond acceptors (Lipinski definition) is 4. The lowest BCUT2D eigenvalue weighted by molar-refractivity contribution is -0.274. The molecule has 102 valence electrons. The number of aryl methyl sites for hydroxylation is 1. The Morgan fingerprint density at radius 1 is 1.32 bits per heavy atom. The molecule has 2 aromatic rings. The molecule has 1 aromatic heterocycles. The van der Waals surface area contributed by atoms with Gasteiger partial charge in [-0.3, -0.25) is 0 Å². The minimum atomic E-state index is -4.74. The lowest BCUT2D eigenvalue weighted by Gasteiger charge is -2.12. The highest BCUT2D eigenvalue weighted by Crippen LogP contribution is 2.38. The van der Waals surface area contributed by atoms with Gasteiger partial charge in [0, 0.05) is 5.56 Å². The second-order valence-electron chi connectivity index (χ2n) is 3.72. The zero-order chi connectivity index (χ0) is 14.0. The largest absolute Gasteiger partial charge is 0.573 e. The van der Waals surface area contributed by atoms with Gasteiger partial charge in [-0.25, -0.2) is 4.98 Å². The summed E-state index contributed by atoms with van der Waals surface area (Å²) < 4.78 is 41.0. The Labute approximate surface area is 111 Å². The number of ether oxygens (including phenoxy) is 1. The highest BCUT2D eigenvalue weighted by molar-refractivity contribution is 7.16. The van der Waals surface area contributed by atoms with Gasteiger partial charge in [0.1, 0.15) is 16.4 Å². The molecule has 0 unspecified atom stereocenters. The number of hydrogen-bond donors (Lipinski definition) is 1. The molecule has 2 rings (SSSR count). The van der Waals surface area contributed by atoms with E-state index >= 15 is 0 Å². The summed E-state index contributed by atoms with van der Waals surface area (Å²) in [5, 5.41) is 1.16. The van der Waals surface area contributed by atoms with Crippen molar-refractivity contribution < 1.29 is 17.9 Å². The molecule has 0 amide bonds. The second-order valence-corrected chi connectivity index (χ2v) is 4.83. The number of para-hydroxylation sites is 1. The van der Waals surface area contributed by atoms with Crippen LogP contribution in [0.25, 0.3) is 11.3 Å². The number of anilines is 1. The highest BCUT2D eigenvalue weighted by atomic mass is 32.1. The molecule has 0 saturated carbocycles. The first-order valence-corrected chi connectivity index (χ1v) is 6.32. The molecule has 0 aliphatic carbocycles. The average molecular weight is 288 g/mol. The van der Waals surface area contributed by atoms with Crippen molar-refractivity contribution in [3.63, 3.8) is 0 Å². The zero-order valence-corrected chi connectivity index (χ0v) is 10.8. The van der Waals surface area contributed by atoms with E-state index < -0.39 is 6.36 Å². The molecule has 2 N–H and O–H groups in total. The summed E-state index contributed by atoms with van der Waals surface area (Å²) in [6.45, 7) is 1.90. The molecule has 0 saturated heterocycles. The van der Waals surface area contributed by atoms with Gasteiger partial charge in [-0.15, -0.1) is 24.5 Å². The maximum absolute atomic E-state index is 12.3. The van der Waals surface area contributed by atoms with E-state index in [1.165, 1.54) is 29.5 Å². The van der Waals surface area contributed by atoms with Crippen LogP contribution in [-0.4, -0.2) is 11.3 Å². The molecule has 3 nitrogen and oxygen atoms in total. The maximum Gasteiger partial charge on any atom is 0.573 e. The van der Waals surface area contributed by atoms with Crippen LogP contribution in [-0.2, 0) is 6.42 Å². The van der Waals surface area contributed by atoms with Crippen LogP contribution in [0.4, 0.5) is 18.2 Å². The van der Waals surface area contributed by atoms with E-state index in [0.717, 1.165) is 5.01 Å². The predicted molar refractivity (Wildman–Crippen MR) is 68.0 cm³/mol. The van der Waals surface area contributed by atoms with Gasteiger partial charge in [0.15, 0.2) is 0 Å². The number of nitrogens with zero attached hydrogens (tertiary/aromatic N) is 1. The van der Waals surface area contributed by atoms with Crippen LogP contribution in [0.5, 0.6) is 5.75 Å². The summed E-state index contributed by atoms with van der Waals surface area (Å²) in [5.74, 6) is -0.297. The molecule has 0 aliphatic heterocycles. The van der Waals surface area contributed by atoms with Crippen LogP contribution in [0.1, 0.15) is 11.9 Å². The van der Waals surface area contributed by atoms with E-state index in [0.29, 0.717) is 17.1 Å². The van der Waals surface area contributed by atoms with Crippen molar-refractivity contribution in [1.29, 1.82) is 0 Å². The van der Waals surface area contributed by atoms with Crippen molar-refractivity contribution in [2.45, 2.75) is 19.7 Å². The first-order chi connectivity index (χ1) is 8.90. The van der Waals surface area contributed by atoms with Crippen LogP contribution < -0.4 is 10.5 Å². The van der Waals surface area contributed by atoms with Crippen LogP contribution in [0.15, 0.2) is 24.3 Å². The monoisotopic (exact) mass is 288 g/mol. The molecule has 0 radical (unpaired) electrons. The van der Waals surface area contributed by atoms with Gasteiger partial charge >= 0.3 is 6.36 Å². The molecular formula is C12H11F3N2OS. The number of benzene rings is 1. The molecular weight excluding hydrogens is 277 g/mol. The summed E-state index contributed by atoms with van der Waals surface area (Å²) in [5.41, 5.74) is 6.38. The Balaban J connectivity index is 2.46. The number of rotatable bonds is 3. The quantitative estimate of drug-likeness (QED) is 0.933. The minimum absolute atomic E-state index is 0.244. The molecule has 0 aliphatic rings. The van der Waals surface area contributed by atoms with E-state index in [4.69, 9.17) is 5.73 Å². The molecule has 0 bridgehead atoms. The molecule has 19 heavy (non-hydrogen) atoms. The average Bonchev–Trinajstić information content (AvgIpc) is 2.69. The molecule has 1 heterocycles. The van der Waals surface area contributed by atoms with E-state index in [2.05, 4.69) is 9.72 Å². The SMILES string of the molecule is CCc1nc(-c2ccccc2OC(F)(F)F)c(N)s1. The fourth-order valence-electron chi connectivity index (χ4n) is 1.60. The lowest BCUT2D eigenvalue weighted by Crippen LogP contribution is -2.17. The van der Waals surface area contributed by atoms with Crippen LogP contribution in [0.2, 0.25) is 0 Å². The standard InChI is InChI=1S/C12H11F3N2OS/c1-2-9-17-10(11(16)19-9)7-5-3-4-6-8(7)18-12(13,14)15/h3-6H,2,16H2,1H3. The van der Waals surface area contributed by atoms with Crippen molar-refractivity contribution in [3.8, 4) is 17.0 Å². The Morgan fingerprint density at radius 2 is 2.00 bits per heavy atom. The normalized spacial score (nSPS) is 11.6. The van der Waals surface area contributed by atoms with Gasteiger partial charge in [0.25, 0.3) is 0 Å². The van der Waals surface area contributed by atoms with Crippen molar-refractivity contribution in [1.82, 2.24) is 4.98 Å². The zero-order valence-electron chi connectivity index (χ0n) is 9.99. The van der Waals surface area contributed by atoms with E-state index in [1.54, 1.807) is 6.07 Å². The Kier molecular flexibility index (Phi) is 3.66. The van der Waals surface area contributed by atoms with Gasteiger partial charge in [-0.1, -0.05) is 19.1 Å². The number of halogens is 3. The van der Waals surface area contributed by atoms with Crippen molar-refractivity contribution >= 4 is 16.3 Å². The van der Waals surface area contributed by atoms with Crippen molar-refractivity contribution in [2.24, 2.45) is 0 Å².